The van der Waals surface area contributed by atoms with E-state index in [0.717, 1.165) is 31.6 Å². The molecule has 6 nitrogen and oxygen atoms in total. The molecule has 1 aromatic heterocycles. The highest BCUT2D eigenvalue weighted by Gasteiger charge is 2.20. The van der Waals surface area contributed by atoms with E-state index in [2.05, 4.69) is 15.0 Å². The molecule has 0 radical (unpaired) electrons. The molecule has 2 rings (SSSR count). The highest BCUT2D eigenvalue weighted by molar-refractivity contribution is 7.89. The van der Waals surface area contributed by atoms with E-state index in [4.69, 9.17) is 4.74 Å². The fourth-order valence-corrected chi connectivity index (χ4v) is 3.26. The third-order valence-electron chi connectivity index (χ3n) is 3.47. The minimum absolute atomic E-state index is 0.0690. The van der Waals surface area contributed by atoms with Crippen molar-refractivity contribution in [2.75, 3.05) is 26.3 Å². The number of aromatic nitrogens is 1. The molecule has 2 heterocycles. The highest BCUT2D eigenvalue weighted by Crippen LogP contribution is 2.14. The van der Waals surface area contributed by atoms with Gasteiger partial charge in [-0.25, -0.2) is 18.1 Å². The summed E-state index contributed by atoms with van der Waals surface area (Å²) in [5.41, 5.74) is 0.969. The Morgan fingerprint density at radius 1 is 1.43 bits per heavy atom. The van der Waals surface area contributed by atoms with E-state index in [1.807, 2.05) is 6.92 Å². The second-order valence-electron chi connectivity index (χ2n) is 5.22. The Bertz CT molecular complexity index is 525. The minimum atomic E-state index is -3.53. The van der Waals surface area contributed by atoms with Crippen LogP contribution in [0.2, 0.25) is 0 Å². The second kappa shape index (κ2) is 7.84. The molecule has 7 heteroatoms. The number of rotatable bonds is 7. The van der Waals surface area contributed by atoms with Crippen LogP contribution in [0.4, 0.5) is 0 Å². The van der Waals surface area contributed by atoms with Gasteiger partial charge in [0.05, 0.1) is 6.61 Å². The van der Waals surface area contributed by atoms with Crippen LogP contribution >= 0.6 is 0 Å². The monoisotopic (exact) mass is 313 g/mol. The molecule has 0 saturated carbocycles. The molecular formula is C14H23N3O3S. The largest absolute Gasteiger partial charge is 0.381 e. The van der Waals surface area contributed by atoms with Crippen molar-refractivity contribution >= 4 is 10.0 Å². The number of pyridine rings is 1. The van der Waals surface area contributed by atoms with Gasteiger partial charge >= 0.3 is 0 Å². The highest BCUT2D eigenvalue weighted by atomic mass is 32.2. The van der Waals surface area contributed by atoms with E-state index >= 15 is 0 Å². The smallest absolute Gasteiger partial charge is 0.258 e. The summed E-state index contributed by atoms with van der Waals surface area (Å²) in [6.45, 7) is 5.38. The van der Waals surface area contributed by atoms with Gasteiger partial charge in [0, 0.05) is 25.9 Å². The summed E-state index contributed by atoms with van der Waals surface area (Å²) in [4.78, 5) is 4.05. The first kappa shape index (κ1) is 16.4. The molecule has 1 fully saturated rings. The number of sulfonamides is 1. The number of nitrogens with zero attached hydrogens (tertiary/aromatic N) is 1. The van der Waals surface area contributed by atoms with Crippen molar-refractivity contribution in [1.82, 2.24) is 15.0 Å². The van der Waals surface area contributed by atoms with Gasteiger partial charge in [-0.1, -0.05) is 13.0 Å². The summed E-state index contributed by atoms with van der Waals surface area (Å²) in [6, 6.07) is 3.33. The molecule has 2 N–H and O–H groups in total. The van der Waals surface area contributed by atoms with Crippen molar-refractivity contribution in [3.8, 4) is 0 Å². The summed E-state index contributed by atoms with van der Waals surface area (Å²) in [5, 5.41) is 3.24. The summed E-state index contributed by atoms with van der Waals surface area (Å²) in [6.07, 6.45) is 3.59. The van der Waals surface area contributed by atoms with Crippen LogP contribution in [0, 0.1) is 5.92 Å². The lowest BCUT2D eigenvalue weighted by molar-refractivity contribution is 0.0568. The first-order valence-corrected chi connectivity index (χ1v) is 8.83. The molecule has 0 aliphatic carbocycles. The van der Waals surface area contributed by atoms with Gasteiger partial charge < -0.3 is 10.1 Å². The first-order valence-electron chi connectivity index (χ1n) is 7.35. The minimum Gasteiger partial charge on any atom is -0.381 e. The molecule has 21 heavy (non-hydrogen) atoms. The van der Waals surface area contributed by atoms with Gasteiger partial charge in [-0.2, -0.15) is 0 Å². The van der Waals surface area contributed by atoms with Gasteiger partial charge in [0.25, 0.3) is 10.0 Å². The van der Waals surface area contributed by atoms with Crippen LogP contribution in [0.25, 0.3) is 0 Å². The zero-order chi connectivity index (χ0) is 15.1. The second-order valence-corrected chi connectivity index (χ2v) is 6.93. The van der Waals surface area contributed by atoms with Crippen molar-refractivity contribution in [1.29, 1.82) is 0 Å². The standard InChI is InChI=1S/C14H23N3O3S/c1-2-15-8-12-5-6-14(16-9-12)21(18,19)17-10-13-4-3-7-20-11-13/h5-6,9,13,15,17H,2-4,7-8,10-11H2,1H3. The Morgan fingerprint density at radius 3 is 2.90 bits per heavy atom. The van der Waals surface area contributed by atoms with Crippen LogP contribution in [-0.4, -0.2) is 39.7 Å². The SMILES string of the molecule is CCNCc1ccc(S(=O)(=O)NCC2CCCOC2)nc1. The lowest BCUT2D eigenvalue weighted by atomic mass is 10.0. The van der Waals surface area contributed by atoms with Crippen molar-refractivity contribution in [3.63, 3.8) is 0 Å². The molecule has 0 amide bonds. The zero-order valence-corrected chi connectivity index (χ0v) is 13.2. The molecule has 1 unspecified atom stereocenters. The lowest BCUT2D eigenvalue weighted by Gasteiger charge is -2.22. The van der Waals surface area contributed by atoms with Crippen molar-refractivity contribution in [2.24, 2.45) is 5.92 Å². The van der Waals surface area contributed by atoms with Gasteiger partial charge in [0.15, 0.2) is 5.03 Å². The fraction of sp³-hybridized carbons (Fsp3) is 0.643. The Morgan fingerprint density at radius 2 is 2.29 bits per heavy atom. The molecule has 1 aliphatic rings. The Labute approximate surface area is 126 Å². The van der Waals surface area contributed by atoms with Crippen LogP contribution in [0.1, 0.15) is 25.3 Å². The van der Waals surface area contributed by atoms with Crippen molar-refractivity contribution < 1.29 is 13.2 Å². The number of nitrogens with one attached hydrogen (secondary N) is 2. The van der Waals surface area contributed by atoms with Gasteiger partial charge in [0.2, 0.25) is 0 Å². The molecule has 1 atom stereocenters. The Balaban J connectivity index is 1.91. The average Bonchev–Trinajstić information content (AvgIpc) is 2.52. The van der Waals surface area contributed by atoms with Gasteiger partial charge in [-0.15, -0.1) is 0 Å². The third-order valence-corrected chi connectivity index (χ3v) is 4.81. The normalized spacial score (nSPS) is 19.6. The molecule has 0 spiro atoms. The molecular weight excluding hydrogens is 290 g/mol. The maximum absolute atomic E-state index is 12.2. The number of ether oxygens (including phenoxy) is 1. The predicted molar refractivity (Wildman–Crippen MR) is 80.3 cm³/mol. The van der Waals surface area contributed by atoms with E-state index in [1.165, 1.54) is 0 Å². The molecule has 1 aromatic rings. The molecule has 118 valence electrons. The van der Waals surface area contributed by atoms with Gasteiger partial charge in [-0.05, 0) is 36.9 Å². The van der Waals surface area contributed by atoms with Crippen LogP contribution < -0.4 is 10.0 Å². The molecule has 1 aliphatic heterocycles. The van der Waals surface area contributed by atoms with Crippen LogP contribution in [-0.2, 0) is 21.3 Å². The van der Waals surface area contributed by atoms with Gasteiger partial charge in [-0.3, -0.25) is 0 Å². The third kappa shape index (κ3) is 5.03. The topological polar surface area (TPSA) is 80.3 Å². The summed E-state index contributed by atoms with van der Waals surface area (Å²) in [5.74, 6) is 0.251. The van der Waals surface area contributed by atoms with E-state index in [0.29, 0.717) is 19.7 Å². The average molecular weight is 313 g/mol. The van der Waals surface area contributed by atoms with E-state index in [1.54, 1.807) is 18.3 Å². The van der Waals surface area contributed by atoms with Crippen molar-refractivity contribution in [3.05, 3.63) is 23.9 Å². The van der Waals surface area contributed by atoms with E-state index < -0.39 is 10.0 Å². The molecule has 0 aromatic carbocycles. The first-order chi connectivity index (χ1) is 10.1. The summed E-state index contributed by atoms with van der Waals surface area (Å²) < 4.78 is 32.3. The Kier molecular flexibility index (Phi) is 6.10. The zero-order valence-electron chi connectivity index (χ0n) is 12.3. The summed E-state index contributed by atoms with van der Waals surface area (Å²) >= 11 is 0. The number of hydrogen-bond donors (Lipinski definition) is 2. The quantitative estimate of drug-likeness (QED) is 0.781. The summed E-state index contributed by atoms with van der Waals surface area (Å²) in [7, 11) is -3.53. The van der Waals surface area contributed by atoms with Crippen LogP contribution in [0.3, 0.4) is 0 Å². The van der Waals surface area contributed by atoms with Crippen LogP contribution in [0.5, 0.6) is 0 Å². The maximum atomic E-state index is 12.2. The van der Waals surface area contributed by atoms with E-state index in [-0.39, 0.29) is 10.9 Å². The van der Waals surface area contributed by atoms with E-state index in [9.17, 15) is 8.42 Å². The Hall–Kier alpha value is -1.02. The predicted octanol–water partition coefficient (Wildman–Crippen LogP) is 0.896. The lowest BCUT2D eigenvalue weighted by Crippen LogP contribution is -2.33. The number of hydrogen-bond acceptors (Lipinski definition) is 5. The fourth-order valence-electron chi connectivity index (χ4n) is 2.21. The maximum Gasteiger partial charge on any atom is 0.258 e. The molecule has 0 bridgehead atoms. The van der Waals surface area contributed by atoms with Crippen molar-refractivity contribution in [2.45, 2.75) is 31.3 Å². The molecule has 1 saturated heterocycles. The van der Waals surface area contributed by atoms with Gasteiger partial charge in [0.1, 0.15) is 0 Å². The van der Waals surface area contributed by atoms with Crippen LogP contribution in [0.15, 0.2) is 23.4 Å².